The molecule has 5 heteroatoms. The highest BCUT2D eigenvalue weighted by Gasteiger charge is 1.98. The van der Waals surface area contributed by atoms with Crippen LogP contribution in [0.25, 0.3) is 0 Å². The number of halogens is 1. The molecule has 98 valence electrons. The standard InChI is InChI=1S/C12H22N4.HI/c1-4-5-7-14-12(13-2)15-9-11-6-8-16(3)10-11;/h6,8,10H,4-5,7,9H2,1-3H3,(H2,13,14,15);1H. The molecule has 0 aliphatic heterocycles. The summed E-state index contributed by atoms with van der Waals surface area (Å²) in [6.07, 6.45) is 6.52. The van der Waals surface area contributed by atoms with E-state index < -0.39 is 0 Å². The third-order valence-corrected chi connectivity index (χ3v) is 2.40. The van der Waals surface area contributed by atoms with Crippen LogP contribution in [0, 0.1) is 0 Å². The Balaban J connectivity index is 0.00000256. The molecule has 2 N–H and O–H groups in total. The molecule has 0 bridgehead atoms. The fourth-order valence-corrected chi connectivity index (χ4v) is 1.46. The van der Waals surface area contributed by atoms with Crippen molar-refractivity contribution < 1.29 is 0 Å². The minimum Gasteiger partial charge on any atom is -0.357 e. The number of hydrogen-bond acceptors (Lipinski definition) is 1. The van der Waals surface area contributed by atoms with Crippen molar-refractivity contribution in [3.63, 3.8) is 0 Å². The quantitative estimate of drug-likeness (QED) is 0.370. The van der Waals surface area contributed by atoms with Gasteiger partial charge in [-0.25, -0.2) is 0 Å². The molecular weight excluding hydrogens is 327 g/mol. The van der Waals surface area contributed by atoms with Crippen LogP contribution in [0.1, 0.15) is 25.3 Å². The van der Waals surface area contributed by atoms with Gasteiger partial charge in [0.1, 0.15) is 0 Å². The summed E-state index contributed by atoms with van der Waals surface area (Å²) < 4.78 is 2.05. The van der Waals surface area contributed by atoms with Crippen molar-refractivity contribution in [2.45, 2.75) is 26.3 Å². The maximum absolute atomic E-state index is 4.17. The van der Waals surface area contributed by atoms with Gasteiger partial charge in [0.15, 0.2) is 5.96 Å². The highest BCUT2D eigenvalue weighted by Crippen LogP contribution is 1.98. The normalized spacial score (nSPS) is 10.9. The van der Waals surface area contributed by atoms with E-state index in [9.17, 15) is 0 Å². The average molecular weight is 350 g/mol. The van der Waals surface area contributed by atoms with Crippen LogP contribution in [0.5, 0.6) is 0 Å². The lowest BCUT2D eigenvalue weighted by molar-refractivity contribution is 0.728. The second kappa shape index (κ2) is 9.32. The van der Waals surface area contributed by atoms with E-state index in [4.69, 9.17) is 0 Å². The molecule has 0 aliphatic rings. The van der Waals surface area contributed by atoms with E-state index in [2.05, 4.69) is 34.8 Å². The van der Waals surface area contributed by atoms with Gasteiger partial charge in [-0.05, 0) is 18.1 Å². The Hall–Kier alpha value is -0.720. The second-order valence-electron chi connectivity index (χ2n) is 3.89. The second-order valence-corrected chi connectivity index (χ2v) is 3.89. The highest BCUT2D eigenvalue weighted by molar-refractivity contribution is 14.0. The fraction of sp³-hybridized carbons (Fsp3) is 0.583. The molecule has 0 aromatic carbocycles. The van der Waals surface area contributed by atoms with E-state index in [-0.39, 0.29) is 24.0 Å². The van der Waals surface area contributed by atoms with E-state index in [0.717, 1.165) is 19.0 Å². The van der Waals surface area contributed by atoms with Crippen LogP contribution < -0.4 is 10.6 Å². The third-order valence-electron chi connectivity index (χ3n) is 2.40. The zero-order valence-corrected chi connectivity index (χ0v) is 13.2. The molecule has 4 nitrogen and oxygen atoms in total. The van der Waals surface area contributed by atoms with Gasteiger partial charge in [0.05, 0.1) is 0 Å². The van der Waals surface area contributed by atoms with Crippen LogP contribution in [0.15, 0.2) is 23.5 Å². The number of nitrogens with zero attached hydrogens (tertiary/aromatic N) is 2. The van der Waals surface area contributed by atoms with Gasteiger partial charge < -0.3 is 15.2 Å². The van der Waals surface area contributed by atoms with E-state index in [1.165, 1.54) is 18.4 Å². The molecule has 0 spiro atoms. The first kappa shape index (κ1) is 16.3. The summed E-state index contributed by atoms with van der Waals surface area (Å²) >= 11 is 0. The van der Waals surface area contributed by atoms with Gasteiger partial charge >= 0.3 is 0 Å². The van der Waals surface area contributed by atoms with Gasteiger partial charge in [0, 0.05) is 39.6 Å². The summed E-state index contributed by atoms with van der Waals surface area (Å²) in [5, 5.41) is 6.56. The smallest absolute Gasteiger partial charge is 0.191 e. The highest BCUT2D eigenvalue weighted by atomic mass is 127. The number of aromatic nitrogens is 1. The third kappa shape index (κ3) is 6.55. The van der Waals surface area contributed by atoms with E-state index in [1.54, 1.807) is 7.05 Å². The van der Waals surface area contributed by atoms with Crippen LogP contribution in [0.3, 0.4) is 0 Å². The van der Waals surface area contributed by atoms with Gasteiger partial charge in [0.25, 0.3) is 0 Å². The monoisotopic (exact) mass is 350 g/mol. The molecule has 0 aliphatic carbocycles. The predicted octanol–water partition coefficient (Wildman–Crippen LogP) is 2.11. The van der Waals surface area contributed by atoms with Crippen LogP contribution in [0.2, 0.25) is 0 Å². The largest absolute Gasteiger partial charge is 0.357 e. The maximum Gasteiger partial charge on any atom is 0.191 e. The van der Waals surface area contributed by atoms with Gasteiger partial charge in [-0.2, -0.15) is 0 Å². The van der Waals surface area contributed by atoms with Gasteiger partial charge in [-0.3, -0.25) is 4.99 Å². The molecule has 0 atom stereocenters. The number of guanidine groups is 1. The topological polar surface area (TPSA) is 41.4 Å². The van der Waals surface area contributed by atoms with Crippen molar-refractivity contribution >= 4 is 29.9 Å². The number of unbranched alkanes of at least 4 members (excludes halogenated alkanes) is 1. The number of nitrogens with one attached hydrogen (secondary N) is 2. The molecule has 17 heavy (non-hydrogen) atoms. The Labute approximate surface area is 121 Å². The Morgan fingerprint density at radius 1 is 1.41 bits per heavy atom. The predicted molar refractivity (Wildman–Crippen MR) is 83.9 cm³/mol. The Morgan fingerprint density at radius 3 is 2.71 bits per heavy atom. The van der Waals surface area contributed by atoms with Crippen molar-refractivity contribution in [1.29, 1.82) is 0 Å². The molecule has 1 heterocycles. The van der Waals surface area contributed by atoms with E-state index in [0.29, 0.717) is 0 Å². The van der Waals surface area contributed by atoms with Crippen LogP contribution in [-0.4, -0.2) is 24.1 Å². The summed E-state index contributed by atoms with van der Waals surface area (Å²) in [5.41, 5.74) is 1.26. The molecule has 0 radical (unpaired) electrons. The van der Waals surface area contributed by atoms with Crippen LogP contribution in [-0.2, 0) is 13.6 Å². The number of rotatable bonds is 5. The molecule has 1 rings (SSSR count). The average Bonchev–Trinajstić information content (AvgIpc) is 2.69. The van der Waals surface area contributed by atoms with Crippen LogP contribution >= 0.6 is 24.0 Å². The molecule has 0 saturated carbocycles. The van der Waals surface area contributed by atoms with Gasteiger partial charge in [0.2, 0.25) is 0 Å². The molecule has 0 amide bonds. The molecule has 1 aromatic rings. The Kier molecular flexibility index (Phi) is 8.93. The van der Waals surface area contributed by atoms with E-state index in [1.807, 2.05) is 17.8 Å². The summed E-state index contributed by atoms with van der Waals surface area (Å²) in [5.74, 6) is 0.873. The SMILES string of the molecule is CCCCNC(=NC)NCc1ccn(C)c1.I. The summed E-state index contributed by atoms with van der Waals surface area (Å²) in [6.45, 7) is 3.97. The minimum absolute atomic E-state index is 0. The fourth-order valence-electron chi connectivity index (χ4n) is 1.46. The first-order valence-electron chi connectivity index (χ1n) is 5.81. The minimum atomic E-state index is 0. The number of hydrogen-bond donors (Lipinski definition) is 2. The van der Waals surface area contributed by atoms with E-state index >= 15 is 0 Å². The zero-order chi connectivity index (χ0) is 11.8. The molecule has 0 fully saturated rings. The molecule has 0 unspecified atom stereocenters. The number of aryl methyl sites for hydroxylation is 1. The molecule has 0 saturated heterocycles. The number of aliphatic imine (C=N–C) groups is 1. The summed E-state index contributed by atoms with van der Waals surface area (Å²) in [6, 6.07) is 2.10. The van der Waals surface area contributed by atoms with Gasteiger partial charge in [-0.15, -0.1) is 24.0 Å². The first-order chi connectivity index (χ1) is 7.76. The lowest BCUT2D eigenvalue weighted by atomic mass is 10.3. The van der Waals surface area contributed by atoms with Crippen molar-refractivity contribution in [3.8, 4) is 0 Å². The Bertz CT molecular complexity index is 333. The summed E-state index contributed by atoms with van der Waals surface area (Å²) in [7, 11) is 3.82. The van der Waals surface area contributed by atoms with Crippen molar-refractivity contribution in [3.05, 3.63) is 24.0 Å². The van der Waals surface area contributed by atoms with Crippen molar-refractivity contribution in [2.75, 3.05) is 13.6 Å². The Morgan fingerprint density at radius 2 is 2.18 bits per heavy atom. The first-order valence-corrected chi connectivity index (χ1v) is 5.81. The van der Waals surface area contributed by atoms with Gasteiger partial charge in [-0.1, -0.05) is 13.3 Å². The van der Waals surface area contributed by atoms with Crippen molar-refractivity contribution in [1.82, 2.24) is 15.2 Å². The molecule has 1 aromatic heterocycles. The maximum atomic E-state index is 4.17. The summed E-state index contributed by atoms with van der Waals surface area (Å²) in [4.78, 5) is 4.17. The lowest BCUT2D eigenvalue weighted by Crippen LogP contribution is -2.37. The lowest BCUT2D eigenvalue weighted by Gasteiger charge is -2.10. The van der Waals surface area contributed by atoms with Crippen molar-refractivity contribution in [2.24, 2.45) is 12.0 Å². The molecular formula is C12H23IN4. The zero-order valence-electron chi connectivity index (χ0n) is 10.9. The van der Waals surface area contributed by atoms with Crippen LogP contribution in [0.4, 0.5) is 0 Å².